The third-order valence-electron chi connectivity index (χ3n) is 6.58. The summed E-state index contributed by atoms with van der Waals surface area (Å²) in [5, 5.41) is 0. The molecule has 0 bridgehead atoms. The number of carbonyl (C=O) groups is 2. The monoisotopic (exact) mass is 432 g/mol. The molecule has 5 nitrogen and oxygen atoms in total. The van der Waals surface area contributed by atoms with E-state index in [4.69, 9.17) is 4.74 Å². The Bertz CT molecular complexity index is 743. The fourth-order valence-electron chi connectivity index (χ4n) is 4.82. The molecule has 2 aliphatic rings. The summed E-state index contributed by atoms with van der Waals surface area (Å²) in [5.41, 5.74) is 0.683. The fourth-order valence-corrected chi connectivity index (χ4v) is 4.82. The predicted molar refractivity (Wildman–Crippen MR) is 119 cm³/mol. The fraction of sp³-hybridized carbons (Fsp3) is 0.680. The molecule has 3 rings (SSSR count). The lowest BCUT2D eigenvalue weighted by Crippen LogP contribution is -2.43. The van der Waals surface area contributed by atoms with Gasteiger partial charge in [0, 0.05) is 32.6 Å². The summed E-state index contributed by atoms with van der Waals surface area (Å²) in [6, 6.07) is 6.78. The van der Waals surface area contributed by atoms with E-state index in [0.717, 1.165) is 51.6 Å². The summed E-state index contributed by atoms with van der Waals surface area (Å²) in [7, 11) is 1.79. The molecule has 0 spiro atoms. The number of halogens is 1. The maximum Gasteiger partial charge on any atom is 0.410 e. The molecule has 1 saturated heterocycles. The Hall–Kier alpha value is -2.11. The van der Waals surface area contributed by atoms with E-state index in [-0.39, 0.29) is 23.7 Å². The van der Waals surface area contributed by atoms with Crippen molar-refractivity contribution in [3.8, 4) is 0 Å². The molecule has 1 saturated carbocycles. The van der Waals surface area contributed by atoms with Gasteiger partial charge in [-0.2, -0.15) is 0 Å². The highest BCUT2D eigenvalue weighted by Crippen LogP contribution is 2.33. The van der Waals surface area contributed by atoms with Crippen molar-refractivity contribution in [2.45, 2.75) is 70.8 Å². The molecule has 0 aromatic heterocycles. The third-order valence-corrected chi connectivity index (χ3v) is 6.58. The first-order valence-corrected chi connectivity index (χ1v) is 11.6. The predicted octanol–water partition coefficient (Wildman–Crippen LogP) is 5.21. The van der Waals surface area contributed by atoms with Crippen molar-refractivity contribution in [2.24, 2.45) is 11.8 Å². The van der Waals surface area contributed by atoms with Gasteiger partial charge in [0.2, 0.25) is 5.91 Å². The van der Waals surface area contributed by atoms with Crippen LogP contribution in [0.15, 0.2) is 24.3 Å². The molecule has 1 aromatic rings. The van der Waals surface area contributed by atoms with Gasteiger partial charge in [0.05, 0.1) is 0 Å². The quantitative estimate of drug-likeness (QED) is 0.657. The smallest absolute Gasteiger partial charge is 0.410 e. The first-order valence-electron chi connectivity index (χ1n) is 11.6. The van der Waals surface area contributed by atoms with E-state index in [1.165, 1.54) is 17.7 Å². The number of benzene rings is 1. The van der Waals surface area contributed by atoms with Gasteiger partial charge in [-0.15, -0.1) is 0 Å². The summed E-state index contributed by atoms with van der Waals surface area (Å²) in [4.78, 5) is 28.9. The van der Waals surface area contributed by atoms with Crippen LogP contribution in [0.25, 0.3) is 0 Å². The third kappa shape index (κ3) is 6.68. The van der Waals surface area contributed by atoms with E-state index >= 15 is 0 Å². The van der Waals surface area contributed by atoms with Crippen molar-refractivity contribution in [1.82, 2.24) is 9.80 Å². The van der Waals surface area contributed by atoms with Crippen molar-refractivity contribution < 1.29 is 18.7 Å². The highest BCUT2D eigenvalue weighted by molar-refractivity contribution is 5.79. The minimum atomic E-state index is -0.487. The first kappa shape index (κ1) is 23.6. The Morgan fingerprint density at radius 2 is 1.61 bits per heavy atom. The topological polar surface area (TPSA) is 49.9 Å². The number of hydrogen-bond donors (Lipinski definition) is 0. The lowest BCUT2D eigenvalue weighted by molar-refractivity contribution is -0.138. The van der Waals surface area contributed by atoms with Gasteiger partial charge in [0.15, 0.2) is 0 Å². The number of likely N-dealkylation sites (tertiary alicyclic amines) is 1. The Labute approximate surface area is 185 Å². The summed E-state index contributed by atoms with van der Waals surface area (Å²) in [6.07, 6.45) is 5.31. The summed E-state index contributed by atoms with van der Waals surface area (Å²) < 4.78 is 18.6. The number of amides is 2. The van der Waals surface area contributed by atoms with Gasteiger partial charge in [-0.1, -0.05) is 12.1 Å². The molecule has 1 aliphatic carbocycles. The van der Waals surface area contributed by atoms with E-state index < -0.39 is 5.60 Å². The molecule has 1 heterocycles. The van der Waals surface area contributed by atoms with Gasteiger partial charge in [-0.25, -0.2) is 9.18 Å². The molecule has 2 fully saturated rings. The zero-order chi connectivity index (χ0) is 22.6. The van der Waals surface area contributed by atoms with Gasteiger partial charge in [0.1, 0.15) is 11.4 Å². The van der Waals surface area contributed by atoms with Gasteiger partial charge in [0.25, 0.3) is 0 Å². The zero-order valence-electron chi connectivity index (χ0n) is 19.4. The van der Waals surface area contributed by atoms with Crippen molar-refractivity contribution in [1.29, 1.82) is 0 Å². The number of rotatable bonds is 4. The van der Waals surface area contributed by atoms with Crippen molar-refractivity contribution >= 4 is 12.0 Å². The van der Waals surface area contributed by atoms with Crippen LogP contribution < -0.4 is 0 Å². The van der Waals surface area contributed by atoms with Crippen LogP contribution in [0.3, 0.4) is 0 Å². The van der Waals surface area contributed by atoms with Gasteiger partial charge >= 0.3 is 6.09 Å². The average molecular weight is 433 g/mol. The molecular formula is C25H37FN2O3. The standard InChI is InChI=1S/C25H37FN2O3/c1-25(2,3)31-24(30)27(4)17-18-5-7-21(8-6-18)23(29)28-15-13-20(14-16-28)19-9-11-22(26)12-10-19/h9-12,18,20-21H,5-8,13-17H2,1-4H3/t18-,21-. The number of carbonyl (C=O) groups excluding carboxylic acids is 2. The zero-order valence-corrected chi connectivity index (χ0v) is 19.4. The highest BCUT2D eigenvalue weighted by Gasteiger charge is 2.32. The molecule has 1 aliphatic heterocycles. The second-order valence-electron chi connectivity index (χ2n) is 10.2. The number of piperidine rings is 1. The Morgan fingerprint density at radius 3 is 2.16 bits per heavy atom. The van der Waals surface area contributed by atoms with Crippen LogP contribution >= 0.6 is 0 Å². The average Bonchev–Trinajstić information content (AvgIpc) is 2.73. The molecule has 172 valence electrons. The van der Waals surface area contributed by atoms with Gasteiger partial charge < -0.3 is 14.5 Å². The number of hydrogen-bond acceptors (Lipinski definition) is 3. The summed E-state index contributed by atoms with van der Waals surface area (Å²) in [5.74, 6) is 1.01. The second-order valence-corrected chi connectivity index (χ2v) is 10.2. The lowest BCUT2D eigenvalue weighted by Gasteiger charge is -2.37. The van der Waals surface area contributed by atoms with Crippen LogP contribution in [0.4, 0.5) is 9.18 Å². The Kier molecular flexibility index (Phi) is 7.60. The minimum absolute atomic E-state index is 0.102. The van der Waals surface area contributed by atoms with Crippen molar-refractivity contribution in [3.05, 3.63) is 35.6 Å². The van der Waals surface area contributed by atoms with Gasteiger partial charge in [-0.3, -0.25) is 4.79 Å². The SMILES string of the molecule is CN(C[C@H]1CC[C@H](C(=O)N2CCC(c3ccc(F)cc3)CC2)CC1)C(=O)OC(C)(C)C. The summed E-state index contributed by atoms with van der Waals surface area (Å²) >= 11 is 0. The molecule has 6 heteroatoms. The van der Waals surface area contributed by atoms with Crippen LogP contribution in [0.1, 0.15) is 70.8 Å². The van der Waals surface area contributed by atoms with E-state index in [9.17, 15) is 14.0 Å². The Morgan fingerprint density at radius 1 is 1.03 bits per heavy atom. The molecule has 2 amide bonds. The molecule has 0 radical (unpaired) electrons. The summed E-state index contributed by atoms with van der Waals surface area (Å²) in [6.45, 7) is 7.86. The lowest BCUT2D eigenvalue weighted by atomic mass is 9.80. The number of ether oxygens (including phenoxy) is 1. The second kappa shape index (κ2) is 10.0. The van der Waals surface area contributed by atoms with E-state index in [1.54, 1.807) is 11.9 Å². The van der Waals surface area contributed by atoms with Crippen molar-refractivity contribution in [3.63, 3.8) is 0 Å². The van der Waals surface area contributed by atoms with Crippen LogP contribution in [0, 0.1) is 17.7 Å². The molecule has 0 N–H and O–H groups in total. The van der Waals surface area contributed by atoms with Crippen molar-refractivity contribution in [2.75, 3.05) is 26.7 Å². The highest BCUT2D eigenvalue weighted by atomic mass is 19.1. The minimum Gasteiger partial charge on any atom is -0.444 e. The molecule has 0 atom stereocenters. The largest absolute Gasteiger partial charge is 0.444 e. The van der Waals surface area contributed by atoms with E-state index in [1.807, 2.05) is 37.8 Å². The maximum atomic E-state index is 13.2. The van der Waals surface area contributed by atoms with Crippen LogP contribution in [-0.4, -0.2) is 54.1 Å². The van der Waals surface area contributed by atoms with Crippen LogP contribution in [0.2, 0.25) is 0 Å². The normalized spacial score (nSPS) is 22.8. The van der Waals surface area contributed by atoms with Gasteiger partial charge in [-0.05, 0) is 88.8 Å². The molecule has 1 aromatic carbocycles. The molecule has 31 heavy (non-hydrogen) atoms. The Balaban J connectivity index is 1.41. The first-order chi connectivity index (χ1) is 14.6. The maximum absolute atomic E-state index is 13.2. The van der Waals surface area contributed by atoms with Crippen LogP contribution in [0.5, 0.6) is 0 Å². The molecule has 0 unspecified atom stereocenters. The van der Waals surface area contributed by atoms with E-state index in [2.05, 4.69) is 0 Å². The van der Waals surface area contributed by atoms with Crippen LogP contribution in [-0.2, 0) is 9.53 Å². The number of nitrogens with zero attached hydrogens (tertiary/aromatic N) is 2. The molecular weight excluding hydrogens is 395 g/mol. The van der Waals surface area contributed by atoms with E-state index in [0.29, 0.717) is 18.4 Å².